The molecule has 29 heavy (non-hydrogen) atoms. The van der Waals surface area contributed by atoms with Gasteiger partial charge in [-0.2, -0.15) is 0 Å². The standard InChI is InChI=1S/C25H26N2O2/c1-20-6-8-21(9-7-20)19-29-25-5-3-2-4-22(25)18-26-23-10-12-24(13-11-23)27-14-16-28-17-15-27/h2-13,18H,14-17,19H2,1H3. The summed E-state index contributed by atoms with van der Waals surface area (Å²) in [6.45, 7) is 6.09. The lowest BCUT2D eigenvalue weighted by Crippen LogP contribution is -2.36. The molecule has 0 amide bonds. The van der Waals surface area contributed by atoms with E-state index in [9.17, 15) is 0 Å². The summed E-state index contributed by atoms with van der Waals surface area (Å²) in [6.07, 6.45) is 1.87. The number of para-hydroxylation sites is 1. The van der Waals surface area contributed by atoms with Crippen LogP contribution in [0.3, 0.4) is 0 Å². The highest BCUT2D eigenvalue weighted by molar-refractivity contribution is 5.85. The maximum Gasteiger partial charge on any atom is 0.128 e. The van der Waals surface area contributed by atoms with Crippen molar-refractivity contribution in [3.63, 3.8) is 0 Å². The van der Waals surface area contributed by atoms with E-state index in [1.54, 1.807) is 0 Å². The van der Waals surface area contributed by atoms with Crippen molar-refractivity contribution in [1.82, 2.24) is 0 Å². The molecule has 4 rings (SSSR count). The number of rotatable bonds is 6. The summed E-state index contributed by atoms with van der Waals surface area (Å²) < 4.78 is 11.5. The molecular weight excluding hydrogens is 360 g/mol. The van der Waals surface area contributed by atoms with Gasteiger partial charge in [-0.05, 0) is 48.9 Å². The summed E-state index contributed by atoms with van der Waals surface area (Å²) in [5.74, 6) is 0.835. The van der Waals surface area contributed by atoms with Gasteiger partial charge in [0, 0.05) is 30.6 Å². The Labute approximate surface area is 172 Å². The lowest BCUT2D eigenvalue weighted by atomic mass is 10.1. The molecule has 0 bridgehead atoms. The van der Waals surface area contributed by atoms with Gasteiger partial charge in [0.15, 0.2) is 0 Å². The van der Waals surface area contributed by atoms with E-state index in [1.807, 2.05) is 30.5 Å². The highest BCUT2D eigenvalue weighted by atomic mass is 16.5. The number of nitrogens with zero attached hydrogens (tertiary/aromatic N) is 2. The molecule has 1 saturated heterocycles. The number of aryl methyl sites for hydroxylation is 1. The van der Waals surface area contributed by atoms with Crippen LogP contribution in [0.4, 0.5) is 11.4 Å². The number of hydrogen-bond donors (Lipinski definition) is 0. The zero-order chi connectivity index (χ0) is 19.9. The van der Waals surface area contributed by atoms with Gasteiger partial charge >= 0.3 is 0 Å². The Balaban J connectivity index is 1.42. The molecule has 0 saturated carbocycles. The second kappa shape index (κ2) is 9.39. The fourth-order valence-corrected chi connectivity index (χ4v) is 3.28. The third-order valence-electron chi connectivity index (χ3n) is 5.01. The summed E-state index contributed by atoms with van der Waals surface area (Å²) in [6, 6.07) is 24.8. The predicted molar refractivity (Wildman–Crippen MR) is 119 cm³/mol. The Morgan fingerprint density at radius 1 is 0.931 bits per heavy atom. The molecule has 3 aromatic carbocycles. The summed E-state index contributed by atoms with van der Waals surface area (Å²) in [7, 11) is 0. The largest absolute Gasteiger partial charge is 0.488 e. The van der Waals surface area contributed by atoms with E-state index in [2.05, 4.69) is 65.3 Å². The molecule has 0 atom stereocenters. The van der Waals surface area contributed by atoms with Crippen LogP contribution in [0.1, 0.15) is 16.7 Å². The molecule has 4 nitrogen and oxygen atoms in total. The first-order chi connectivity index (χ1) is 14.3. The molecule has 1 aliphatic rings. The summed E-state index contributed by atoms with van der Waals surface area (Å²) in [5, 5.41) is 0. The molecule has 0 aromatic heterocycles. The van der Waals surface area contributed by atoms with Gasteiger partial charge in [-0.15, -0.1) is 0 Å². The molecule has 1 aliphatic heterocycles. The average Bonchev–Trinajstić information content (AvgIpc) is 2.79. The van der Waals surface area contributed by atoms with Crippen LogP contribution >= 0.6 is 0 Å². The monoisotopic (exact) mass is 386 g/mol. The average molecular weight is 386 g/mol. The van der Waals surface area contributed by atoms with Crippen LogP contribution in [0.2, 0.25) is 0 Å². The lowest BCUT2D eigenvalue weighted by Gasteiger charge is -2.28. The topological polar surface area (TPSA) is 34.1 Å². The molecule has 0 N–H and O–H groups in total. The molecule has 1 heterocycles. The van der Waals surface area contributed by atoms with Crippen molar-refractivity contribution in [2.24, 2.45) is 4.99 Å². The van der Waals surface area contributed by atoms with E-state index < -0.39 is 0 Å². The molecule has 0 spiro atoms. The summed E-state index contributed by atoms with van der Waals surface area (Å²) in [4.78, 5) is 6.98. The van der Waals surface area contributed by atoms with Gasteiger partial charge in [0.25, 0.3) is 0 Å². The minimum atomic E-state index is 0.541. The molecule has 1 fully saturated rings. The summed E-state index contributed by atoms with van der Waals surface area (Å²) in [5.41, 5.74) is 5.52. The van der Waals surface area contributed by atoms with E-state index in [0.29, 0.717) is 6.61 Å². The molecular formula is C25H26N2O2. The molecule has 0 aliphatic carbocycles. The van der Waals surface area contributed by atoms with Gasteiger partial charge < -0.3 is 14.4 Å². The van der Waals surface area contributed by atoms with Crippen LogP contribution in [0.25, 0.3) is 0 Å². The van der Waals surface area contributed by atoms with E-state index in [0.717, 1.165) is 48.9 Å². The Hall–Kier alpha value is -3.11. The number of hydrogen-bond acceptors (Lipinski definition) is 4. The molecule has 0 radical (unpaired) electrons. The smallest absolute Gasteiger partial charge is 0.128 e. The van der Waals surface area contributed by atoms with Crippen LogP contribution in [0.5, 0.6) is 5.75 Å². The summed E-state index contributed by atoms with van der Waals surface area (Å²) >= 11 is 0. The van der Waals surface area contributed by atoms with Crippen molar-refractivity contribution in [3.8, 4) is 5.75 Å². The van der Waals surface area contributed by atoms with Crippen molar-refractivity contribution in [1.29, 1.82) is 0 Å². The molecule has 0 unspecified atom stereocenters. The van der Waals surface area contributed by atoms with Crippen LogP contribution in [-0.4, -0.2) is 32.5 Å². The van der Waals surface area contributed by atoms with Crippen LogP contribution < -0.4 is 9.64 Å². The third kappa shape index (κ3) is 5.24. The second-order valence-corrected chi connectivity index (χ2v) is 7.19. The number of ether oxygens (including phenoxy) is 2. The van der Waals surface area contributed by atoms with Crippen LogP contribution in [0, 0.1) is 6.92 Å². The van der Waals surface area contributed by atoms with Crippen LogP contribution in [0.15, 0.2) is 77.8 Å². The van der Waals surface area contributed by atoms with E-state index in [4.69, 9.17) is 9.47 Å². The number of aliphatic imine (C=N–C) groups is 1. The highest BCUT2D eigenvalue weighted by Gasteiger charge is 2.10. The maximum atomic E-state index is 6.04. The Morgan fingerprint density at radius 3 is 2.41 bits per heavy atom. The van der Waals surface area contributed by atoms with Gasteiger partial charge in [-0.25, -0.2) is 0 Å². The second-order valence-electron chi connectivity index (χ2n) is 7.19. The first kappa shape index (κ1) is 19.2. The number of morpholine rings is 1. The zero-order valence-corrected chi connectivity index (χ0v) is 16.8. The number of anilines is 1. The normalized spacial score (nSPS) is 14.3. The Morgan fingerprint density at radius 2 is 1.66 bits per heavy atom. The van der Waals surface area contributed by atoms with Gasteiger partial charge in [-0.1, -0.05) is 42.0 Å². The highest BCUT2D eigenvalue weighted by Crippen LogP contribution is 2.22. The van der Waals surface area contributed by atoms with E-state index in [1.165, 1.54) is 11.3 Å². The van der Waals surface area contributed by atoms with Crippen LogP contribution in [-0.2, 0) is 11.3 Å². The van der Waals surface area contributed by atoms with Gasteiger partial charge in [0.2, 0.25) is 0 Å². The van der Waals surface area contributed by atoms with Gasteiger partial charge in [0.1, 0.15) is 12.4 Å². The van der Waals surface area contributed by atoms with E-state index >= 15 is 0 Å². The quantitative estimate of drug-likeness (QED) is 0.549. The maximum absolute atomic E-state index is 6.04. The third-order valence-corrected chi connectivity index (χ3v) is 5.01. The Kier molecular flexibility index (Phi) is 6.22. The number of benzene rings is 3. The molecule has 3 aromatic rings. The minimum absolute atomic E-state index is 0.541. The molecule has 4 heteroatoms. The minimum Gasteiger partial charge on any atom is -0.488 e. The van der Waals surface area contributed by atoms with Gasteiger partial charge in [0.05, 0.1) is 18.9 Å². The van der Waals surface area contributed by atoms with Crippen molar-refractivity contribution in [3.05, 3.63) is 89.5 Å². The van der Waals surface area contributed by atoms with Crippen molar-refractivity contribution < 1.29 is 9.47 Å². The SMILES string of the molecule is Cc1ccc(COc2ccccc2C=Nc2ccc(N3CCOCC3)cc2)cc1. The fourth-order valence-electron chi connectivity index (χ4n) is 3.28. The first-order valence-electron chi connectivity index (χ1n) is 10.0. The first-order valence-corrected chi connectivity index (χ1v) is 10.0. The fraction of sp³-hybridized carbons (Fsp3) is 0.240. The zero-order valence-electron chi connectivity index (χ0n) is 16.8. The molecule has 148 valence electrons. The van der Waals surface area contributed by atoms with E-state index in [-0.39, 0.29) is 0 Å². The lowest BCUT2D eigenvalue weighted by molar-refractivity contribution is 0.122. The van der Waals surface area contributed by atoms with Gasteiger partial charge in [-0.3, -0.25) is 4.99 Å². The van der Waals surface area contributed by atoms with Crippen molar-refractivity contribution >= 4 is 17.6 Å². The Bertz CT molecular complexity index is 943. The van der Waals surface area contributed by atoms with Crippen molar-refractivity contribution in [2.75, 3.05) is 31.2 Å². The van der Waals surface area contributed by atoms with Crippen molar-refractivity contribution in [2.45, 2.75) is 13.5 Å². The predicted octanol–water partition coefficient (Wildman–Crippen LogP) is 5.16.